The first-order valence-electron chi connectivity index (χ1n) is 17.6. The van der Waals surface area contributed by atoms with Gasteiger partial charge in [-0.1, -0.05) is 158 Å². The maximum atomic E-state index is 6.62. The standard InChI is InChI=1S/C50H30O/c1-4-11-31(12-5-1)35-21-27-46-45(29-35)39-18-10-17-38-37(26-28-47(51-46)49(38)39)36-22-19-34-20-23-41-43(32-13-6-2-7-14-32)30-44(33-15-8-3-9-16-33)42-25-24-40(36)48(34)50(41)42/h1-30H. The first-order chi connectivity index (χ1) is 25.3. The summed E-state index contributed by atoms with van der Waals surface area (Å²) in [6, 6.07) is 66.2. The molecule has 236 valence electrons. The smallest absolute Gasteiger partial charge is 0.135 e. The van der Waals surface area contributed by atoms with Gasteiger partial charge in [-0.2, -0.15) is 0 Å². The number of hydrogen-bond acceptors (Lipinski definition) is 1. The highest BCUT2D eigenvalue weighted by Crippen LogP contribution is 2.51. The second-order valence-electron chi connectivity index (χ2n) is 13.6. The van der Waals surface area contributed by atoms with E-state index >= 15 is 0 Å². The van der Waals surface area contributed by atoms with Crippen molar-refractivity contribution < 1.29 is 4.74 Å². The molecule has 0 fully saturated rings. The highest BCUT2D eigenvalue weighted by Gasteiger charge is 2.24. The largest absolute Gasteiger partial charge is 0.456 e. The van der Waals surface area contributed by atoms with Crippen LogP contribution >= 0.6 is 0 Å². The average molecular weight is 647 g/mol. The number of ether oxygens (including phenoxy) is 1. The highest BCUT2D eigenvalue weighted by molar-refractivity contribution is 6.30. The average Bonchev–Trinajstić information content (AvgIpc) is 3.21. The minimum atomic E-state index is 0.897. The lowest BCUT2D eigenvalue weighted by atomic mass is 9.83. The van der Waals surface area contributed by atoms with Crippen molar-refractivity contribution >= 4 is 43.1 Å². The van der Waals surface area contributed by atoms with Crippen molar-refractivity contribution in [1.29, 1.82) is 0 Å². The third kappa shape index (κ3) is 4.22. The quantitative estimate of drug-likeness (QED) is 0.173. The number of fused-ring (bicyclic) bond motifs is 2. The summed E-state index contributed by atoms with van der Waals surface area (Å²) in [5.41, 5.74) is 12.1. The summed E-state index contributed by atoms with van der Waals surface area (Å²) in [5.74, 6) is 1.80. The van der Waals surface area contributed by atoms with Crippen LogP contribution in [-0.2, 0) is 0 Å². The fraction of sp³-hybridized carbons (Fsp3) is 0. The molecule has 1 aliphatic rings. The number of hydrogen-bond donors (Lipinski definition) is 0. The van der Waals surface area contributed by atoms with Gasteiger partial charge in [-0.15, -0.1) is 0 Å². The van der Waals surface area contributed by atoms with Gasteiger partial charge in [-0.25, -0.2) is 0 Å². The third-order valence-electron chi connectivity index (χ3n) is 10.8. The fourth-order valence-electron chi connectivity index (χ4n) is 8.52. The Kier molecular flexibility index (Phi) is 6.02. The minimum Gasteiger partial charge on any atom is -0.456 e. The third-order valence-corrected chi connectivity index (χ3v) is 10.8. The van der Waals surface area contributed by atoms with Crippen molar-refractivity contribution in [1.82, 2.24) is 0 Å². The maximum absolute atomic E-state index is 6.62. The van der Waals surface area contributed by atoms with Gasteiger partial charge in [0.25, 0.3) is 0 Å². The zero-order chi connectivity index (χ0) is 33.5. The van der Waals surface area contributed by atoms with Crippen LogP contribution in [0.15, 0.2) is 182 Å². The Hall–Kier alpha value is -6.70. The van der Waals surface area contributed by atoms with Crippen molar-refractivity contribution in [2.75, 3.05) is 0 Å². The predicted molar refractivity (Wildman–Crippen MR) is 215 cm³/mol. The molecule has 0 radical (unpaired) electrons. The van der Waals surface area contributed by atoms with Crippen LogP contribution < -0.4 is 4.74 Å². The highest BCUT2D eigenvalue weighted by atomic mass is 16.5. The summed E-state index contributed by atoms with van der Waals surface area (Å²) in [5, 5.41) is 10.1. The predicted octanol–water partition coefficient (Wildman–Crippen LogP) is 14.2. The second kappa shape index (κ2) is 10.9. The van der Waals surface area contributed by atoms with Gasteiger partial charge in [0, 0.05) is 10.9 Å². The molecule has 1 heteroatoms. The molecule has 0 amide bonds. The molecule has 0 saturated heterocycles. The van der Waals surface area contributed by atoms with Gasteiger partial charge in [0.15, 0.2) is 0 Å². The first-order valence-corrected chi connectivity index (χ1v) is 17.6. The summed E-state index contributed by atoms with van der Waals surface area (Å²) in [6.07, 6.45) is 0. The van der Waals surface area contributed by atoms with E-state index in [1.165, 1.54) is 87.8 Å². The topological polar surface area (TPSA) is 9.23 Å². The van der Waals surface area contributed by atoms with Crippen LogP contribution in [-0.4, -0.2) is 0 Å². The van der Waals surface area contributed by atoms with Gasteiger partial charge in [-0.3, -0.25) is 0 Å². The molecule has 10 aromatic carbocycles. The maximum Gasteiger partial charge on any atom is 0.135 e. The molecular weight excluding hydrogens is 617 g/mol. The van der Waals surface area contributed by atoms with Gasteiger partial charge in [-0.05, 0) is 112 Å². The van der Waals surface area contributed by atoms with E-state index in [1.54, 1.807) is 0 Å². The zero-order valence-electron chi connectivity index (χ0n) is 27.7. The SMILES string of the molecule is c1ccc(-c2ccc3c(c2)-c2cccc4c(-c5ccc6ccc7c(-c8ccccc8)cc(-c8ccccc8)c8ccc5c6c78)ccc(c24)O3)cc1. The van der Waals surface area contributed by atoms with Gasteiger partial charge < -0.3 is 4.74 Å². The summed E-state index contributed by atoms with van der Waals surface area (Å²) < 4.78 is 6.62. The summed E-state index contributed by atoms with van der Waals surface area (Å²) >= 11 is 0. The van der Waals surface area contributed by atoms with Crippen LogP contribution in [0.4, 0.5) is 0 Å². The molecule has 1 aliphatic heterocycles. The van der Waals surface area contributed by atoms with Crippen LogP contribution in [0.2, 0.25) is 0 Å². The molecule has 0 saturated carbocycles. The van der Waals surface area contributed by atoms with E-state index in [0.29, 0.717) is 0 Å². The summed E-state index contributed by atoms with van der Waals surface area (Å²) in [6.45, 7) is 0. The molecule has 0 unspecified atom stereocenters. The Balaban J connectivity index is 1.18. The number of rotatable bonds is 4. The van der Waals surface area contributed by atoms with Crippen molar-refractivity contribution in [3.63, 3.8) is 0 Å². The molecule has 11 rings (SSSR count). The van der Waals surface area contributed by atoms with E-state index < -0.39 is 0 Å². The van der Waals surface area contributed by atoms with Gasteiger partial charge in [0.1, 0.15) is 11.5 Å². The molecule has 0 aromatic heterocycles. The second-order valence-corrected chi connectivity index (χ2v) is 13.6. The normalized spacial score (nSPS) is 12.1. The Morgan fingerprint density at radius 2 is 0.804 bits per heavy atom. The van der Waals surface area contributed by atoms with Crippen molar-refractivity contribution in [3.8, 4) is 67.1 Å². The fourth-order valence-corrected chi connectivity index (χ4v) is 8.52. The first kappa shape index (κ1) is 28.2. The number of benzene rings is 10. The molecule has 0 atom stereocenters. The van der Waals surface area contributed by atoms with Gasteiger partial charge in [0.2, 0.25) is 0 Å². The van der Waals surface area contributed by atoms with E-state index in [9.17, 15) is 0 Å². The Morgan fingerprint density at radius 1 is 0.255 bits per heavy atom. The van der Waals surface area contributed by atoms with Gasteiger partial charge >= 0.3 is 0 Å². The molecule has 1 heterocycles. The van der Waals surface area contributed by atoms with E-state index in [0.717, 1.165) is 22.4 Å². The monoisotopic (exact) mass is 646 g/mol. The molecule has 10 aromatic rings. The van der Waals surface area contributed by atoms with E-state index in [1.807, 2.05) is 0 Å². The van der Waals surface area contributed by atoms with Crippen molar-refractivity contribution in [2.24, 2.45) is 0 Å². The molecule has 51 heavy (non-hydrogen) atoms. The molecule has 0 spiro atoms. The van der Waals surface area contributed by atoms with Crippen LogP contribution in [0.5, 0.6) is 11.5 Å². The Labute approximate surface area is 296 Å². The zero-order valence-corrected chi connectivity index (χ0v) is 27.7. The molecular formula is C50H30O. The lowest BCUT2D eigenvalue weighted by molar-refractivity contribution is 0.487. The lowest BCUT2D eigenvalue weighted by Crippen LogP contribution is -1.98. The minimum absolute atomic E-state index is 0.897. The van der Waals surface area contributed by atoms with Crippen LogP contribution in [0.3, 0.4) is 0 Å². The molecule has 1 nitrogen and oxygen atoms in total. The van der Waals surface area contributed by atoms with Crippen LogP contribution in [0, 0.1) is 0 Å². The van der Waals surface area contributed by atoms with Crippen LogP contribution in [0.1, 0.15) is 0 Å². The van der Waals surface area contributed by atoms with Gasteiger partial charge in [0.05, 0.1) is 0 Å². The van der Waals surface area contributed by atoms with E-state index in [-0.39, 0.29) is 0 Å². The molecule has 0 N–H and O–H groups in total. The van der Waals surface area contributed by atoms with E-state index in [4.69, 9.17) is 4.74 Å². The molecule has 0 aliphatic carbocycles. The van der Waals surface area contributed by atoms with Crippen LogP contribution in [0.25, 0.3) is 98.7 Å². The van der Waals surface area contributed by atoms with Crippen molar-refractivity contribution in [3.05, 3.63) is 182 Å². The Morgan fingerprint density at radius 3 is 1.49 bits per heavy atom. The van der Waals surface area contributed by atoms with Crippen molar-refractivity contribution in [2.45, 2.75) is 0 Å². The summed E-state index contributed by atoms with van der Waals surface area (Å²) in [4.78, 5) is 0. The molecule has 0 bridgehead atoms. The lowest BCUT2D eigenvalue weighted by Gasteiger charge is -2.24. The Bertz CT molecular complexity index is 2900. The summed E-state index contributed by atoms with van der Waals surface area (Å²) in [7, 11) is 0. The van der Waals surface area contributed by atoms with E-state index in [2.05, 4.69) is 182 Å².